The lowest BCUT2D eigenvalue weighted by molar-refractivity contribution is 0.0340. The monoisotopic (exact) mass is 339 g/mol. The molecule has 0 aliphatic rings. The van der Waals surface area contributed by atoms with Gasteiger partial charge in [0.2, 0.25) is 0 Å². The molecular formula is C15H18BrNO3. The molecule has 4 nitrogen and oxygen atoms in total. The van der Waals surface area contributed by atoms with Gasteiger partial charge in [0.05, 0.1) is 13.4 Å². The zero-order valence-corrected chi connectivity index (χ0v) is 13.1. The van der Waals surface area contributed by atoms with Gasteiger partial charge in [-0.05, 0) is 42.8 Å². The van der Waals surface area contributed by atoms with Crippen molar-refractivity contribution in [2.75, 3.05) is 13.7 Å². The summed E-state index contributed by atoms with van der Waals surface area (Å²) in [7, 11) is 1.64. The third kappa shape index (κ3) is 3.62. The van der Waals surface area contributed by atoms with Crippen LogP contribution < -0.4 is 10.1 Å². The fourth-order valence-corrected chi connectivity index (χ4v) is 2.31. The fourth-order valence-electron chi connectivity index (χ4n) is 1.93. The van der Waals surface area contributed by atoms with Crippen molar-refractivity contribution in [1.82, 2.24) is 5.32 Å². The van der Waals surface area contributed by atoms with Gasteiger partial charge in [0.15, 0.2) is 0 Å². The molecule has 2 aromatic rings. The Bertz CT molecular complexity index is 552. The maximum absolute atomic E-state index is 10.3. The summed E-state index contributed by atoms with van der Waals surface area (Å²) < 4.78 is 11.4. The average Bonchev–Trinajstić information content (AvgIpc) is 2.95. The topological polar surface area (TPSA) is 54.6 Å². The number of aliphatic hydroxyl groups is 1. The van der Waals surface area contributed by atoms with Crippen LogP contribution in [0.2, 0.25) is 0 Å². The largest absolute Gasteiger partial charge is 0.497 e. The second kappa shape index (κ2) is 6.43. The van der Waals surface area contributed by atoms with Crippen LogP contribution in [0.15, 0.2) is 45.5 Å². The molecule has 0 bridgehead atoms. The van der Waals surface area contributed by atoms with Crippen LogP contribution in [0, 0.1) is 0 Å². The predicted molar refractivity (Wildman–Crippen MR) is 80.7 cm³/mol. The molecule has 0 aliphatic heterocycles. The molecule has 0 amide bonds. The number of halogens is 1. The summed E-state index contributed by atoms with van der Waals surface area (Å²) in [6.07, 6.45) is 1.56. The van der Waals surface area contributed by atoms with Crippen LogP contribution in [0.1, 0.15) is 18.2 Å². The minimum Gasteiger partial charge on any atom is -0.497 e. The van der Waals surface area contributed by atoms with E-state index < -0.39 is 5.60 Å². The second-order valence-corrected chi connectivity index (χ2v) is 5.67. The molecule has 2 rings (SSSR count). The van der Waals surface area contributed by atoms with Crippen molar-refractivity contribution < 1.29 is 14.3 Å². The molecule has 2 N–H and O–H groups in total. The molecule has 1 heterocycles. The van der Waals surface area contributed by atoms with Gasteiger partial charge >= 0.3 is 0 Å². The van der Waals surface area contributed by atoms with Crippen molar-refractivity contribution in [2.24, 2.45) is 0 Å². The highest BCUT2D eigenvalue weighted by Gasteiger charge is 2.25. The number of furan rings is 1. The van der Waals surface area contributed by atoms with Gasteiger partial charge in [0.1, 0.15) is 17.1 Å². The highest BCUT2D eigenvalue weighted by Crippen LogP contribution is 2.23. The minimum atomic E-state index is -1.03. The Balaban J connectivity index is 1.96. The lowest BCUT2D eigenvalue weighted by atomic mass is 10.0. The van der Waals surface area contributed by atoms with Crippen molar-refractivity contribution in [3.8, 4) is 5.75 Å². The Morgan fingerprint density at radius 1 is 1.40 bits per heavy atom. The molecule has 5 heteroatoms. The number of methoxy groups -OCH3 is 1. The van der Waals surface area contributed by atoms with Crippen LogP contribution in [-0.4, -0.2) is 18.8 Å². The van der Waals surface area contributed by atoms with E-state index in [4.69, 9.17) is 9.15 Å². The van der Waals surface area contributed by atoms with Crippen LogP contribution in [0.5, 0.6) is 5.75 Å². The number of hydrogen-bond acceptors (Lipinski definition) is 4. The Morgan fingerprint density at radius 3 is 2.85 bits per heavy atom. The van der Waals surface area contributed by atoms with Crippen LogP contribution in [0.4, 0.5) is 0 Å². The van der Waals surface area contributed by atoms with Crippen molar-refractivity contribution in [3.63, 3.8) is 0 Å². The Morgan fingerprint density at radius 2 is 2.20 bits per heavy atom. The number of hydrogen-bond donors (Lipinski definition) is 2. The van der Waals surface area contributed by atoms with Crippen LogP contribution in [0.3, 0.4) is 0 Å². The van der Waals surface area contributed by atoms with E-state index in [1.807, 2.05) is 18.2 Å². The zero-order valence-electron chi connectivity index (χ0n) is 11.5. The van der Waals surface area contributed by atoms with Crippen LogP contribution in [-0.2, 0) is 12.1 Å². The molecule has 108 valence electrons. The third-order valence-corrected chi connectivity index (χ3v) is 3.86. The highest BCUT2D eigenvalue weighted by molar-refractivity contribution is 9.10. The fraction of sp³-hybridized carbons (Fsp3) is 0.333. The Labute approximate surface area is 126 Å². The number of rotatable bonds is 6. The molecule has 0 radical (unpaired) electrons. The molecule has 1 aromatic carbocycles. The van der Waals surface area contributed by atoms with Gasteiger partial charge < -0.3 is 19.6 Å². The highest BCUT2D eigenvalue weighted by atomic mass is 79.9. The van der Waals surface area contributed by atoms with Crippen LogP contribution >= 0.6 is 15.9 Å². The van der Waals surface area contributed by atoms with Gasteiger partial charge in [-0.15, -0.1) is 0 Å². The summed E-state index contributed by atoms with van der Waals surface area (Å²) in [6.45, 7) is 2.73. The summed E-state index contributed by atoms with van der Waals surface area (Å²) in [6, 6.07) is 9.33. The minimum absolute atomic E-state index is 0.393. The Hall–Kier alpha value is -1.30. The van der Waals surface area contributed by atoms with Crippen LogP contribution in [0.25, 0.3) is 0 Å². The molecule has 1 aromatic heterocycles. The molecule has 0 aliphatic carbocycles. The van der Waals surface area contributed by atoms with E-state index in [0.29, 0.717) is 18.8 Å². The van der Waals surface area contributed by atoms with E-state index in [9.17, 15) is 5.11 Å². The standard InChI is InChI=1S/C15H18BrNO3/c1-15(18,14-4-3-7-20-14)10-17-9-11-8-12(19-2)5-6-13(11)16/h3-8,17-18H,9-10H2,1-2H3. The molecule has 20 heavy (non-hydrogen) atoms. The van der Waals surface area contributed by atoms with Crippen molar-refractivity contribution in [1.29, 1.82) is 0 Å². The summed E-state index contributed by atoms with van der Waals surface area (Å²) in [5.41, 5.74) is 0.0362. The lowest BCUT2D eigenvalue weighted by Gasteiger charge is -2.21. The Kier molecular flexibility index (Phi) is 4.86. The molecule has 0 spiro atoms. The summed E-state index contributed by atoms with van der Waals surface area (Å²) >= 11 is 3.50. The molecular weight excluding hydrogens is 322 g/mol. The first-order valence-corrected chi connectivity index (χ1v) is 7.12. The van der Waals surface area contributed by atoms with Crippen molar-refractivity contribution >= 4 is 15.9 Å². The SMILES string of the molecule is COc1ccc(Br)c(CNCC(C)(O)c2ccco2)c1. The third-order valence-electron chi connectivity index (χ3n) is 3.09. The van der Waals surface area contributed by atoms with E-state index in [1.165, 1.54) is 0 Å². The lowest BCUT2D eigenvalue weighted by Crippen LogP contribution is -2.34. The van der Waals surface area contributed by atoms with Gasteiger partial charge in [-0.3, -0.25) is 0 Å². The first-order valence-electron chi connectivity index (χ1n) is 6.32. The maximum Gasteiger partial charge on any atom is 0.136 e. The van der Waals surface area contributed by atoms with E-state index in [1.54, 1.807) is 32.4 Å². The van der Waals surface area contributed by atoms with Gasteiger partial charge in [-0.2, -0.15) is 0 Å². The average molecular weight is 340 g/mol. The summed E-state index contributed by atoms with van der Waals surface area (Å²) in [4.78, 5) is 0. The zero-order chi connectivity index (χ0) is 14.6. The van der Waals surface area contributed by atoms with E-state index >= 15 is 0 Å². The van der Waals surface area contributed by atoms with Crippen molar-refractivity contribution in [3.05, 3.63) is 52.4 Å². The molecule has 1 unspecified atom stereocenters. The van der Waals surface area contributed by atoms with Gasteiger partial charge in [-0.1, -0.05) is 15.9 Å². The number of benzene rings is 1. The number of nitrogens with one attached hydrogen (secondary N) is 1. The van der Waals surface area contributed by atoms with E-state index in [2.05, 4.69) is 21.2 Å². The smallest absolute Gasteiger partial charge is 0.136 e. The van der Waals surface area contributed by atoms with E-state index in [-0.39, 0.29) is 0 Å². The van der Waals surface area contributed by atoms with Gasteiger partial charge in [0, 0.05) is 17.6 Å². The van der Waals surface area contributed by atoms with Crippen molar-refractivity contribution in [2.45, 2.75) is 19.1 Å². The normalized spacial score (nSPS) is 14.0. The summed E-state index contributed by atoms with van der Waals surface area (Å²) in [5, 5.41) is 13.6. The molecule has 0 saturated heterocycles. The second-order valence-electron chi connectivity index (χ2n) is 4.81. The maximum atomic E-state index is 10.3. The summed E-state index contributed by atoms with van der Waals surface area (Å²) in [5.74, 6) is 1.36. The quantitative estimate of drug-likeness (QED) is 0.849. The predicted octanol–water partition coefficient (Wildman–Crippen LogP) is 3.05. The molecule has 0 saturated carbocycles. The first-order chi connectivity index (χ1) is 9.53. The van der Waals surface area contributed by atoms with Gasteiger partial charge in [-0.25, -0.2) is 0 Å². The molecule has 1 atom stereocenters. The first kappa shape index (κ1) is 15.1. The van der Waals surface area contributed by atoms with E-state index in [0.717, 1.165) is 15.8 Å². The number of ether oxygens (including phenoxy) is 1. The molecule has 0 fully saturated rings. The van der Waals surface area contributed by atoms with Gasteiger partial charge in [0.25, 0.3) is 0 Å².